The maximum absolute atomic E-state index is 13.0. The SMILES string of the molecule is CCN(CN)/C(N)=C(\O)C(=O)Nc1cc(F)cc(F)c1. The van der Waals surface area contributed by atoms with E-state index in [9.17, 15) is 18.7 Å². The predicted octanol–water partition coefficient (Wildman–Crippen LogP) is 0.827. The number of halogens is 2. The minimum atomic E-state index is -0.987. The van der Waals surface area contributed by atoms with Crippen molar-refractivity contribution in [1.82, 2.24) is 4.90 Å². The summed E-state index contributed by atoms with van der Waals surface area (Å²) in [6, 6.07) is 2.48. The normalized spacial score (nSPS) is 11.8. The second-order valence-corrected chi connectivity index (χ2v) is 3.88. The first kappa shape index (κ1) is 15.7. The van der Waals surface area contributed by atoms with Crippen LogP contribution >= 0.6 is 0 Å². The standard InChI is InChI=1S/C12H16F2N4O2/c1-2-18(6-15)11(16)10(19)12(20)17-9-4-7(13)3-8(14)5-9/h3-5,19H,2,6,15-16H2,1H3,(H,17,20)/b11-10-. The molecule has 1 aromatic carbocycles. The van der Waals surface area contributed by atoms with E-state index in [-0.39, 0.29) is 18.2 Å². The Kier molecular flexibility index (Phi) is 5.27. The number of nitrogens with one attached hydrogen (secondary N) is 1. The molecule has 0 bridgehead atoms. The van der Waals surface area contributed by atoms with Gasteiger partial charge in [-0.3, -0.25) is 4.79 Å². The molecular weight excluding hydrogens is 270 g/mol. The maximum atomic E-state index is 13.0. The zero-order valence-corrected chi connectivity index (χ0v) is 10.9. The number of nitrogens with zero attached hydrogens (tertiary/aromatic N) is 1. The fraction of sp³-hybridized carbons (Fsp3) is 0.250. The lowest BCUT2D eigenvalue weighted by molar-refractivity contribution is -0.115. The third-order valence-electron chi connectivity index (χ3n) is 2.52. The topological polar surface area (TPSA) is 105 Å². The molecule has 0 aliphatic rings. The summed E-state index contributed by atoms with van der Waals surface area (Å²) in [5.41, 5.74) is 10.8. The van der Waals surface area contributed by atoms with E-state index in [4.69, 9.17) is 11.5 Å². The molecule has 110 valence electrons. The Hall–Kier alpha value is -2.35. The first-order chi connectivity index (χ1) is 9.38. The van der Waals surface area contributed by atoms with Gasteiger partial charge < -0.3 is 26.8 Å². The van der Waals surface area contributed by atoms with Crippen molar-refractivity contribution >= 4 is 11.6 Å². The van der Waals surface area contributed by atoms with Crippen LogP contribution in [0.3, 0.4) is 0 Å². The van der Waals surface area contributed by atoms with Crippen molar-refractivity contribution in [3.8, 4) is 0 Å². The van der Waals surface area contributed by atoms with Gasteiger partial charge in [-0.2, -0.15) is 0 Å². The first-order valence-electron chi connectivity index (χ1n) is 5.80. The van der Waals surface area contributed by atoms with Crippen LogP contribution in [-0.4, -0.2) is 29.1 Å². The van der Waals surface area contributed by atoms with Gasteiger partial charge in [-0.05, 0) is 19.1 Å². The van der Waals surface area contributed by atoms with Gasteiger partial charge in [0.05, 0.1) is 6.67 Å². The number of aliphatic hydroxyl groups is 1. The minimum Gasteiger partial charge on any atom is -0.501 e. The molecule has 0 spiro atoms. The van der Waals surface area contributed by atoms with Gasteiger partial charge in [0.25, 0.3) is 5.91 Å². The van der Waals surface area contributed by atoms with Crippen LogP contribution in [0.4, 0.5) is 14.5 Å². The van der Waals surface area contributed by atoms with Crippen molar-refractivity contribution in [2.24, 2.45) is 11.5 Å². The first-order valence-corrected chi connectivity index (χ1v) is 5.80. The minimum absolute atomic E-state index is 0.00820. The number of nitrogens with two attached hydrogens (primary N) is 2. The molecule has 0 heterocycles. The lowest BCUT2D eigenvalue weighted by atomic mass is 10.3. The molecule has 8 heteroatoms. The fourth-order valence-corrected chi connectivity index (χ4v) is 1.48. The third-order valence-corrected chi connectivity index (χ3v) is 2.52. The second kappa shape index (κ2) is 6.71. The number of anilines is 1. The van der Waals surface area contributed by atoms with Crippen molar-refractivity contribution in [3.05, 3.63) is 41.4 Å². The Morgan fingerprint density at radius 1 is 1.35 bits per heavy atom. The number of amides is 1. The van der Waals surface area contributed by atoms with Gasteiger partial charge in [0.1, 0.15) is 17.5 Å². The Morgan fingerprint density at radius 2 is 1.90 bits per heavy atom. The van der Waals surface area contributed by atoms with Gasteiger partial charge in [-0.1, -0.05) is 0 Å². The Morgan fingerprint density at radius 3 is 2.35 bits per heavy atom. The van der Waals surface area contributed by atoms with Gasteiger partial charge in [-0.15, -0.1) is 0 Å². The lowest BCUT2D eigenvalue weighted by Gasteiger charge is -2.21. The van der Waals surface area contributed by atoms with E-state index < -0.39 is 23.3 Å². The highest BCUT2D eigenvalue weighted by Crippen LogP contribution is 2.14. The largest absolute Gasteiger partial charge is 0.501 e. The van der Waals surface area contributed by atoms with Crippen molar-refractivity contribution in [2.75, 3.05) is 18.5 Å². The smallest absolute Gasteiger partial charge is 0.294 e. The van der Waals surface area contributed by atoms with E-state index in [1.54, 1.807) is 6.92 Å². The number of carbonyl (C=O) groups excluding carboxylic acids is 1. The number of aliphatic hydroxyl groups excluding tert-OH is 1. The molecule has 1 aromatic rings. The van der Waals surface area contributed by atoms with Crippen LogP contribution in [0.25, 0.3) is 0 Å². The quantitative estimate of drug-likeness (QED) is 0.364. The van der Waals surface area contributed by atoms with Crippen LogP contribution in [0.2, 0.25) is 0 Å². The molecule has 1 rings (SSSR count). The van der Waals surface area contributed by atoms with Gasteiger partial charge in [0.2, 0.25) is 5.76 Å². The highest BCUT2D eigenvalue weighted by atomic mass is 19.1. The van der Waals surface area contributed by atoms with Crippen LogP contribution in [0.1, 0.15) is 6.92 Å². The van der Waals surface area contributed by atoms with Gasteiger partial charge in [0.15, 0.2) is 0 Å². The summed E-state index contributed by atoms with van der Waals surface area (Å²) in [6.07, 6.45) is 0. The summed E-state index contributed by atoms with van der Waals surface area (Å²) in [7, 11) is 0. The molecular formula is C12H16F2N4O2. The molecule has 0 aliphatic carbocycles. The number of hydrogen-bond donors (Lipinski definition) is 4. The molecule has 0 aromatic heterocycles. The number of rotatable bonds is 5. The molecule has 1 amide bonds. The van der Waals surface area contributed by atoms with E-state index in [1.807, 2.05) is 0 Å². The van der Waals surface area contributed by atoms with E-state index in [0.29, 0.717) is 12.6 Å². The second-order valence-electron chi connectivity index (χ2n) is 3.88. The maximum Gasteiger partial charge on any atom is 0.294 e. The van der Waals surface area contributed by atoms with E-state index in [2.05, 4.69) is 5.32 Å². The highest BCUT2D eigenvalue weighted by molar-refractivity contribution is 6.02. The number of benzene rings is 1. The van der Waals surface area contributed by atoms with Gasteiger partial charge in [-0.25, -0.2) is 8.78 Å². The number of carbonyl (C=O) groups is 1. The molecule has 6 N–H and O–H groups in total. The molecule has 0 fully saturated rings. The molecule has 6 nitrogen and oxygen atoms in total. The third kappa shape index (κ3) is 3.82. The van der Waals surface area contributed by atoms with Gasteiger partial charge in [0, 0.05) is 18.3 Å². The monoisotopic (exact) mass is 286 g/mol. The molecule has 0 radical (unpaired) electrons. The van der Waals surface area contributed by atoms with Crippen molar-refractivity contribution in [1.29, 1.82) is 0 Å². The van der Waals surface area contributed by atoms with E-state index in [1.165, 1.54) is 4.90 Å². The summed E-state index contributed by atoms with van der Waals surface area (Å²) in [6.45, 7) is 2.12. The van der Waals surface area contributed by atoms with E-state index >= 15 is 0 Å². The lowest BCUT2D eigenvalue weighted by Crippen LogP contribution is -2.36. The Balaban J connectivity index is 2.92. The van der Waals surface area contributed by atoms with E-state index in [0.717, 1.165) is 12.1 Å². The average molecular weight is 286 g/mol. The highest BCUT2D eigenvalue weighted by Gasteiger charge is 2.16. The molecule has 0 saturated heterocycles. The fourth-order valence-electron chi connectivity index (χ4n) is 1.48. The molecule has 0 saturated carbocycles. The zero-order valence-electron chi connectivity index (χ0n) is 10.9. The molecule has 20 heavy (non-hydrogen) atoms. The van der Waals surface area contributed by atoms with Crippen LogP contribution in [0.15, 0.2) is 29.8 Å². The summed E-state index contributed by atoms with van der Waals surface area (Å²) >= 11 is 0. The molecule has 0 unspecified atom stereocenters. The Bertz CT molecular complexity index is 510. The van der Waals surface area contributed by atoms with Crippen molar-refractivity contribution < 1.29 is 18.7 Å². The zero-order chi connectivity index (χ0) is 15.3. The van der Waals surface area contributed by atoms with Gasteiger partial charge >= 0.3 is 0 Å². The average Bonchev–Trinajstić information content (AvgIpc) is 2.37. The summed E-state index contributed by atoms with van der Waals surface area (Å²) in [4.78, 5) is 13.0. The van der Waals surface area contributed by atoms with Crippen molar-refractivity contribution in [3.63, 3.8) is 0 Å². The molecule has 0 atom stereocenters. The summed E-state index contributed by atoms with van der Waals surface area (Å²) in [5.74, 6) is -3.69. The molecule has 0 aliphatic heterocycles. The summed E-state index contributed by atoms with van der Waals surface area (Å²) < 4.78 is 25.9. The van der Waals surface area contributed by atoms with Crippen molar-refractivity contribution in [2.45, 2.75) is 6.92 Å². The summed E-state index contributed by atoms with van der Waals surface area (Å²) in [5, 5.41) is 11.8. The van der Waals surface area contributed by atoms with Crippen LogP contribution < -0.4 is 16.8 Å². The number of hydrogen-bond acceptors (Lipinski definition) is 5. The Labute approximate surface area is 114 Å². The predicted molar refractivity (Wildman–Crippen MR) is 70.3 cm³/mol. The van der Waals surface area contributed by atoms with Crippen LogP contribution in [0.5, 0.6) is 0 Å². The van der Waals surface area contributed by atoms with Crippen LogP contribution in [-0.2, 0) is 4.79 Å². The van der Waals surface area contributed by atoms with Crippen LogP contribution in [0, 0.1) is 11.6 Å².